The maximum atomic E-state index is 4.58. The van der Waals surface area contributed by atoms with Crippen molar-refractivity contribution in [1.82, 2.24) is 24.7 Å². The highest BCUT2D eigenvalue weighted by Gasteiger charge is 2.15. The van der Waals surface area contributed by atoms with Gasteiger partial charge in [0, 0.05) is 50.3 Å². The van der Waals surface area contributed by atoms with Crippen molar-refractivity contribution in [3.05, 3.63) is 42.6 Å². The molecule has 0 radical (unpaired) electrons. The van der Waals surface area contributed by atoms with E-state index in [1.54, 1.807) is 0 Å². The van der Waals surface area contributed by atoms with Gasteiger partial charge in [0.15, 0.2) is 0 Å². The summed E-state index contributed by atoms with van der Waals surface area (Å²) in [5.41, 5.74) is 4.32. The van der Waals surface area contributed by atoms with Crippen molar-refractivity contribution < 1.29 is 0 Å². The second kappa shape index (κ2) is 5.38. The minimum atomic E-state index is 0.739. The molecular weight excluding hydrogens is 276 g/mol. The molecule has 0 aliphatic carbocycles. The van der Waals surface area contributed by atoms with E-state index >= 15 is 0 Å². The topological polar surface area (TPSA) is 58.4 Å². The zero-order chi connectivity index (χ0) is 14.9. The lowest BCUT2D eigenvalue weighted by atomic mass is 10.1. The summed E-state index contributed by atoms with van der Waals surface area (Å²) in [6.07, 6.45) is 7.68. The first-order valence-corrected chi connectivity index (χ1v) is 7.54. The molecule has 1 aliphatic heterocycles. The summed E-state index contributed by atoms with van der Waals surface area (Å²) < 4.78 is 2.09. The van der Waals surface area contributed by atoms with E-state index in [4.69, 9.17) is 0 Å². The molecule has 22 heavy (non-hydrogen) atoms. The summed E-state index contributed by atoms with van der Waals surface area (Å²) >= 11 is 0. The van der Waals surface area contributed by atoms with Crippen LogP contribution in [0.25, 0.3) is 17.0 Å². The SMILES string of the molecule is Cc1nc2ncc(N3CCNCC3)cn2c1-c1ccncc1. The zero-order valence-electron chi connectivity index (χ0n) is 12.5. The van der Waals surface area contributed by atoms with Gasteiger partial charge in [0.1, 0.15) is 0 Å². The number of pyridine rings is 1. The van der Waals surface area contributed by atoms with Crippen molar-refractivity contribution in [3.8, 4) is 11.3 Å². The molecule has 0 atom stereocenters. The average molecular weight is 294 g/mol. The van der Waals surface area contributed by atoms with Crippen LogP contribution in [0.5, 0.6) is 0 Å². The van der Waals surface area contributed by atoms with E-state index in [1.807, 2.05) is 37.6 Å². The van der Waals surface area contributed by atoms with Crippen molar-refractivity contribution in [3.63, 3.8) is 0 Å². The lowest BCUT2D eigenvalue weighted by Gasteiger charge is -2.29. The van der Waals surface area contributed by atoms with E-state index in [0.717, 1.165) is 54.6 Å². The molecule has 0 spiro atoms. The zero-order valence-corrected chi connectivity index (χ0v) is 12.5. The van der Waals surface area contributed by atoms with Crippen LogP contribution in [0.3, 0.4) is 0 Å². The largest absolute Gasteiger partial charge is 0.367 e. The van der Waals surface area contributed by atoms with Crippen molar-refractivity contribution in [2.45, 2.75) is 6.92 Å². The smallest absolute Gasteiger partial charge is 0.234 e. The number of fused-ring (bicyclic) bond motifs is 1. The van der Waals surface area contributed by atoms with Crippen LogP contribution in [0.15, 0.2) is 36.9 Å². The van der Waals surface area contributed by atoms with Crippen LogP contribution in [-0.4, -0.2) is 45.5 Å². The Morgan fingerprint density at radius 3 is 2.68 bits per heavy atom. The first kappa shape index (κ1) is 13.2. The van der Waals surface area contributed by atoms with Gasteiger partial charge in [-0.25, -0.2) is 9.97 Å². The van der Waals surface area contributed by atoms with Gasteiger partial charge in [-0.3, -0.25) is 9.38 Å². The molecular formula is C16H18N6. The molecule has 3 aromatic heterocycles. The number of hydrogen-bond acceptors (Lipinski definition) is 5. The van der Waals surface area contributed by atoms with Gasteiger partial charge < -0.3 is 10.2 Å². The van der Waals surface area contributed by atoms with Gasteiger partial charge in [-0.2, -0.15) is 0 Å². The molecule has 1 fully saturated rings. The third kappa shape index (κ3) is 2.21. The molecule has 4 heterocycles. The van der Waals surface area contributed by atoms with Gasteiger partial charge in [0.05, 0.1) is 23.3 Å². The molecule has 1 aliphatic rings. The Labute approximate surface area is 128 Å². The normalized spacial score (nSPS) is 15.4. The van der Waals surface area contributed by atoms with Gasteiger partial charge in [-0.05, 0) is 19.1 Å². The molecule has 4 rings (SSSR count). The molecule has 0 bridgehead atoms. The summed E-state index contributed by atoms with van der Waals surface area (Å²) in [5.74, 6) is 0.739. The van der Waals surface area contributed by atoms with Crippen LogP contribution >= 0.6 is 0 Å². The fraction of sp³-hybridized carbons (Fsp3) is 0.312. The minimum absolute atomic E-state index is 0.739. The number of nitrogens with zero attached hydrogens (tertiary/aromatic N) is 5. The summed E-state index contributed by atoms with van der Waals surface area (Å²) in [6, 6.07) is 4.02. The van der Waals surface area contributed by atoms with E-state index in [-0.39, 0.29) is 0 Å². The van der Waals surface area contributed by atoms with E-state index in [1.165, 1.54) is 0 Å². The third-order valence-corrected chi connectivity index (χ3v) is 4.08. The fourth-order valence-corrected chi connectivity index (χ4v) is 2.98. The van der Waals surface area contributed by atoms with Crippen LogP contribution in [0.4, 0.5) is 5.69 Å². The predicted octanol–water partition coefficient (Wildman–Crippen LogP) is 1.51. The Morgan fingerprint density at radius 1 is 1.14 bits per heavy atom. The first-order chi connectivity index (χ1) is 10.8. The van der Waals surface area contributed by atoms with E-state index in [9.17, 15) is 0 Å². The number of imidazole rings is 1. The molecule has 6 nitrogen and oxygen atoms in total. The van der Waals surface area contributed by atoms with E-state index in [2.05, 4.69) is 35.8 Å². The number of aryl methyl sites for hydroxylation is 1. The number of nitrogens with one attached hydrogen (secondary N) is 1. The van der Waals surface area contributed by atoms with Crippen LogP contribution in [0.1, 0.15) is 5.69 Å². The third-order valence-electron chi connectivity index (χ3n) is 4.08. The molecule has 0 amide bonds. The molecule has 0 aromatic carbocycles. The second-order valence-corrected chi connectivity index (χ2v) is 5.50. The van der Waals surface area contributed by atoms with Crippen molar-refractivity contribution in [1.29, 1.82) is 0 Å². The number of aromatic nitrogens is 4. The molecule has 1 N–H and O–H groups in total. The van der Waals surface area contributed by atoms with Crippen LogP contribution in [0.2, 0.25) is 0 Å². The van der Waals surface area contributed by atoms with Crippen molar-refractivity contribution >= 4 is 11.5 Å². The Morgan fingerprint density at radius 2 is 1.91 bits per heavy atom. The highest BCUT2D eigenvalue weighted by Crippen LogP contribution is 2.25. The van der Waals surface area contributed by atoms with Gasteiger partial charge in [-0.15, -0.1) is 0 Å². The predicted molar refractivity (Wildman–Crippen MR) is 86.0 cm³/mol. The number of anilines is 1. The minimum Gasteiger partial charge on any atom is -0.367 e. The standard InChI is InChI=1S/C16H18N6/c1-12-15(13-2-4-17-5-3-13)22-11-14(10-19-16(22)20-12)21-8-6-18-7-9-21/h2-5,10-11,18H,6-9H2,1H3. The van der Waals surface area contributed by atoms with Crippen LogP contribution < -0.4 is 10.2 Å². The Kier molecular flexibility index (Phi) is 3.23. The Bertz CT molecular complexity index is 789. The van der Waals surface area contributed by atoms with E-state index < -0.39 is 0 Å². The molecule has 1 saturated heterocycles. The summed E-state index contributed by atoms with van der Waals surface area (Å²) in [4.78, 5) is 15.6. The molecule has 6 heteroatoms. The van der Waals surface area contributed by atoms with Gasteiger partial charge in [0.25, 0.3) is 0 Å². The highest BCUT2D eigenvalue weighted by atomic mass is 15.2. The Hall–Kier alpha value is -2.47. The van der Waals surface area contributed by atoms with Gasteiger partial charge >= 0.3 is 0 Å². The molecule has 0 saturated carbocycles. The Balaban J connectivity index is 1.84. The van der Waals surface area contributed by atoms with Gasteiger partial charge in [-0.1, -0.05) is 0 Å². The van der Waals surface area contributed by atoms with Gasteiger partial charge in [0.2, 0.25) is 5.78 Å². The lowest BCUT2D eigenvalue weighted by molar-refractivity contribution is 0.588. The van der Waals surface area contributed by atoms with Crippen molar-refractivity contribution in [2.75, 3.05) is 31.1 Å². The molecule has 3 aromatic rings. The second-order valence-electron chi connectivity index (χ2n) is 5.50. The lowest BCUT2D eigenvalue weighted by Crippen LogP contribution is -2.43. The maximum absolute atomic E-state index is 4.58. The molecule has 112 valence electrons. The summed E-state index contributed by atoms with van der Waals surface area (Å²) in [6.45, 7) is 6.06. The number of piperazine rings is 1. The highest BCUT2D eigenvalue weighted by molar-refractivity contribution is 5.66. The van der Waals surface area contributed by atoms with Crippen LogP contribution in [-0.2, 0) is 0 Å². The fourth-order valence-electron chi connectivity index (χ4n) is 2.98. The number of rotatable bonds is 2. The summed E-state index contributed by atoms with van der Waals surface area (Å²) in [7, 11) is 0. The molecule has 0 unspecified atom stereocenters. The quantitative estimate of drug-likeness (QED) is 0.776. The maximum Gasteiger partial charge on any atom is 0.234 e. The first-order valence-electron chi connectivity index (χ1n) is 7.54. The summed E-state index contributed by atoms with van der Waals surface area (Å²) in [5, 5.41) is 3.37. The monoisotopic (exact) mass is 294 g/mol. The van der Waals surface area contributed by atoms with Crippen molar-refractivity contribution in [2.24, 2.45) is 0 Å². The average Bonchev–Trinajstić information content (AvgIpc) is 2.91. The van der Waals surface area contributed by atoms with E-state index in [0.29, 0.717) is 0 Å². The van der Waals surface area contributed by atoms with Crippen LogP contribution in [0, 0.1) is 6.92 Å². The number of hydrogen-bond donors (Lipinski definition) is 1.